The molecule has 2 N–H and O–H groups in total. The van der Waals surface area contributed by atoms with Crippen molar-refractivity contribution in [3.05, 3.63) is 48.0 Å². The normalized spacial score (nSPS) is 24.9. The van der Waals surface area contributed by atoms with E-state index in [1.165, 1.54) is 43.2 Å². The van der Waals surface area contributed by atoms with Gasteiger partial charge < -0.3 is 5.73 Å². The van der Waals surface area contributed by atoms with E-state index in [0.29, 0.717) is 12.0 Å². The van der Waals surface area contributed by atoms with Crippen LogP contribution in [0.25, 0.3) is 0 Å². The van der Waals surface area contributed by atoms with E-state index in [1.54, 1.807) is 0 Å². The molecule has 0 heterocycles. The molecule has 0 radical (unpaired) electrons. The molecule has 3 unspecified atom stereocenters. The summed E-state index contributed by atoms with van der Waals surface area (Å²) in [5.41, 5.74) is 8.92. The average molecular weight is 257 g/mol. The molecule has 104 valence electrons. The van der Waals surface area contributed by atoms with Gasteiger partial charge >= 0.3 is 0 Å². The van der Waals surface area contributed by atoms with Crippen LogP contribution in [0.15, 0.2) is 42.5 Å². The molecule has 0 aromatic heterocycles. The SMILES string of the molecule is C=C(C)C(CCc1ccccc1)C1CCCC(N)C1. The van der Waals surface area contributed by atoms with Crippen LogP contribution >= 0.6 is 0 Å². The zero-order valence-corrected chi connectivity index (χ0v) is 12.1. The summed E-state index contributed by atoms with van der Waals surface area (Å²) in [7, 11) is 0. The lowest BCUT2D eigenvalue weighted by Crippen LogP contribution is -2.31. The Labute approximate surface area is 117 Å². The molecule has 19 heavy (non-hydrogen) atoms. The number of aryl methyl sites for hydroxylation is 1. The fourth-order valence-electron chi connectivity index (χ4n) is 3.48. The van der Waals surface area contributed by atoms with Crippen molar-refractivity contribution in [2.24, 2.45) is 17.6 Å². The molecule has 1 aromatic rings. The fourth-order valence-corrected chi connectivity index (χ4v) is 3.48. The first-order valence-corrected chi connectivity index (χ1v) is 7.61. The highest BCUT2D eigenvalue weighted by Crippen LogP contribution is 2.35. The Hall–Kier alpha value is -1.08. The molecule has 1 heteroatoms. The van der Waals surface area contributed by atoms with Crippen LogP contribution in [0.3, 0.4) is 0 Å². The number of hydrogen-bond donors (Lipinski definition) is 1. The first kappa shape index (κ1) is 14.3. The number of hydrogen-bond acceptors (Lipinski definition) is 1. The van der Waals surface area contributed by atoms with Gasteiger partial charge in [0.25, 0.3) is 0 Å². The van der Waals surface area contributed by atoms with Gasteiger partial charge in [0.05, 0.1) is 0 Å². The van der Waals surface area contributed by atoms with Crippen LogP contribution in [0.4, 0.5) is 0 Å². The van der Waals surface area contributed by atoms with Gasteiger partial charge in [0.2, 0.25) is 0 Å². The van der Waals surface area contributed by atoms with E-state index in [4.69, 9.17) is 5.73 Å². The molecule has 1 nitrogen and oxygen atoms in total. The maximum atomic E-state index is 6.14. The van der Waals surface area contributed by atoms with Gasteiger partial charge in [-0.2, -0.15) is 0 Å². The fraction of sp³-hybridized carbons (Fsp3) is 0.556. The van der Waals surface area contributed by atoms with Crippen LogP contribution in [-0.4, -0.2) is 6.04 Å². The van der Waals surface area contributed by atoms with Crippen molar-refractivity contribution in [2.45, 2.75) is 51.5 Å². The Morgan fingerprint density at radius 2 is 2.05 bits per heavy atom. The standard InChI is InChI=1S/C18H27N/c1-14(2)18(16-9-6-10-17(19)13-16)12-11-15-7-4-3-5-8-15/h3-5,7-8,16-18H,1,6,9-13,19H2,2H3. The van der Waals surface area contributed by atoms with E-state index >= 15 is 0 Å². The lowest BCUT2D eigenvalue weighted by molar-refractivity contribution is 0.245. The van der Waals surface area contributed by atoms with Crippen LogP contribution in [-0.2, 0) is 6.42 Å². The zero-order valence-electron chi connectivity index (χ0n) is 12.1. The monoisotopic (exact) mass is 257 g/mol. The van der Waals surface area contributed by atoms with Gasteiger partial charge in [0, 0.05) is 6.04 Å². The molecular weight excluding hydrogens is 230 g/mol. The van der Waals surface area contributed by atoms with Crippen LogP contribution in [0, 0.1) is 11.8 Å². The molecule has 0 amide bonds. The highest BCUT2D eigenvalue weighted by atomic mass is 14.6. The maximum Gasteiger partial charge on any atom is 0.00416 e. The lowest BCUT2D eigenvalue weighted by Gasteiger charge is -2.33. The van der Waals surface area contributed by atoms with E-state index in [-0.39, 0.29) is 0 Å². The molecule has 0 saturated heterocycles. The van der Waals surface area contributed by atoms with E-state index in [9.17, 15) is 0 Å². The van der Waals surface area contributed by atoms with Gasteiger partial charge in [0.15, 0.2) is 0 Å². The predicted molar refractivity (Wildman–Crippen MR) is 83.0 cm³/mol. The van der Waals surface area contributed by atoms with Crippen molar-refractivity contribution in [3.63, 3.8) is 0 Å². The predicted octanol–water partition coefficient (Wildman–Crippen LogP) is 4.33. The van der Waals surface area contributed by atoms with Crippen molar-refractivity contribution in [2.75, 3.05) is 0 Å². The summed E-state index contributed by atoms with van der Waals surface area (Å²) in [6.07, 6.45) is 7.40. The van der Waals surface area contributed by atoms with E-state index in [2.05, 4.69) is 43.8 Å². The summed E-state index contributed by atoms with van der Waals surface area (Å²) in [4.78, 5) is 0. The second kappa shape index (κ2) is 6.91. The van der Waals surface area contributed by atoms with Gasteiger partial charge in [-0.1, -0.05) is 48.9 Å². The Morgan fingerprint density at radius 1 is 1.32 bits per heavy atom. The van der Waals surface area contributed by atoms with Crippen LogP contribution in [0.1, 0.15) is 44.6 Å². The summed E-state index contributed by atoms with van der Waals surface area (Å²) in [6, 6.07) is 11.2. The minimum Gasteiger partial charge on any atom is -0.328 e. The van der Waals surface area contributed by atoms with Gasteiger partial charge in [0.1, 0.15) is 0 Å². The summed E-state index contributed by atoms with van der Waals surface area (Å²) in [5.74, 6) is 1.40. The van der Waals surface area contributed by atoms with Crippen LogP contribution < -0.4 is 5.73 Å². The summed E-state index contributed by atoms with van der Waals surface area (Å²) >= 11 is 0. The highest BCUT2D eigenvalue weighted by molar-refractivity contribution is 5.15. The van der Waals surface area contributed by atoms with Gasteiger partial charge in [-0.25, -0.2) is 0 Å². The molecule has 1 aromatic carbocycles. The van der Waals surface area contributed by atoms with Gasteiger partial charge in [-0.15, -0.1) is 0 Å². The molecule has 1 saturated carbocycles. The smallest absolute Gasteiger partial charge is 0.00416 e. The van der Waals surface area contributed by atoms with Crippen molar-refractivity contribution in [1.82, 2.24) is 0 Å². The van der Waals surface area contributed by atoms with Gasteiger partial charge in [-0.3, -0.25) is 0 Å². The third-order valence-electron chi connectivity index (χ3n) is 4.54. The second-order valence-corrected chi connectivity index (χ2v) is 6.16. The Balaban J connectivity index is 1.94. The minimum atomic E-state index is 0.414. The summed E-state index contributed by atoms with van der Waals surface area (Å²) in [5, 5.41) is 0. The molecule has 2 rings (SSSR count). The van der Waals surface area contributed by atoms with E-state index in [0.717, 1.165) is 12.3 Å². The Bertz CT molecular complexity index is 395. The number of allylic oxidation sites excluding steroid dienone is 1. The third-order valence-corrected chi connectivity index (χ3v) is 4.54. The molecule has 3 atom stereocenters. The second-order valence-electron chi connectivity index (χ2n) is 6.16. The Morgan fingerprint density at radius 3 is 2.68 bits per heavy atom. The van der Waals surface area contributed by atoms with Crippen molar-refractivity contribution in [1.29, 1.82) is 0 Å². The highest BCUT2D eigenvalue weighted by Gasteiger charge is 2.27. The quantitative estimate of drug-likeness (QED) is 0.781. The van der Waals surface area contributed by atoms with E-state index < -0.39 is 0 Å². The maximum absolute atomic E-state index is 6.14. The zero-order chi connectivity index (χ0) is 13.7. The average Bonchev–Trinajstić information content (AvgIpc) is 2.40. The number of benzene rings is 1. The largest absolute Gasteiger partial charge is 0.328 e. The molecule has 0 spiro atoms. The van der Waals surface area contributed by atoms with Crippen molar-refractivity contribution in [3.8, 4) is 0 Å². The minimum absolute atomic E-state index is 0.414. The van der Waals surface area contributed by atoms with Crippen LogP contribution in [0.2, 0.25) is 0 Å². The van der Waals surface area contributed by atoms with E-state index in [1.807, 2.05) is 0 Å². The van der Waals surface area contributed by atoms with Crippen molar-refractivity contribution >= 4 is 0 Å². The first-order valence-electron chi connectivity index (χ1n) is 7.61. The number of rotatable bonds is 5. The number of nitrogens with two attached hydrogens (primary N) is 1. The molecule has 1 fully saturated rings. The third kappa shape index (κ3) is 4.21. The Kier molecular flexibility index (Phi) is 5.21. The molecule has 0 aliphatic heterocycles. The van der Waals surface area contributed by atoms with Crippen molar-refractivity contribution < 1.29 is 0 Å². The van der Waals surface area contributed by atoms with Gasteiger partial charge in [-0.05, 0) is 56.4 Å². The molecule has 1 aliphatic carbocycles. The molecule has 0 bridgehead atoms. The summed E-state index contributed by atoms with van der Waals surface area (Å²) < 4.78 is 0. The van der Waals surface area contributed by atoms with Crippen LogP contribution in [0.5, 0.6) is 0 Å². The molecular formula is C18H27N. The topological polar surface area (TPSA) is 26.0 Å². The summed E-state index contributed by atoms with van der Waals surface area (Å²) in [6.45, 7) is 6.42. The molecule has 1 aliphatic rings. The lowest BCUT2D eigenvalue weighted by atomic mass is 9.73. The first-order chi connectivity index (χ1) is 9.16.